The Morgan fingerprint density at radius 3 is 1.90 bits per heavy atom. The van der Waals surface area contributed by atoms with Gasteiger partial charge in [-0.25, -0.2) is 0 Å². The Balaban J connectivity index is 1.44. The van der Waals surface area contributed by atoms with E-state index in [9.17, 15) is 0 Å². The van der Waals surface area contributed by atoms with E-state index in [-0.39, 0.29) is 23.4 Å². The predicted molar refractivity (Wildman–Crippen MR) is 167 cm³/mol. The zero-order valence-corrected chi connectivity index (χ0v) is 25.5. The van der Waals surface area contributed by atoms with Gasteiger partial charge in [-0.2, -0.15) is 0 Å². The van der Waals surface area contributed by atoms with Gasteiger partial charge in [0.15, 0.2) is 0 Å². The zero-order valence-electron chi connectivity index (χ0n) is 24.5. The van der Waals surface area contributed by atoms with Crippen LogP contribution in [0.3, 0.4) is 0 Å². The normalized spacial score (nSPS) is 18.8. The number of hydrogen-bond acceptors (Lipinski definition) is 4. The van der Waals surface area contributed by atoms with E-state index in [0.29, 0.717) is 26.4 Å². The molecule has 40 heavy (non-hydrogen) atoms. The fraction of sp³-hybridized carbons (Fsp3) is 0.429. The van der Waals surface area contributed by atoms with E-state index in [1.807, 2.05) is 6.07 Å². The lowest BCUT2D eigenvalue weighted by atomic mass is 9.95. The van der Waals surface area contributed by atoms with Gasteiger partial charge < -0.3 is 18.6 Å². The molecule has 1 fully saturated rings. The molecule has 1 saturated carbocycles. The molecule has 1 aliphatic rings. The average molecular weight is 559 g/mol. The lowest BCUT2D eigenvalue weighted by Crippen LogP contribution is -2.67. The molecule has 1 aliphatic carbocycles. The topological polar surface area (TPSA) is 36.9 Å². The molecule has 0 spiro atoms. The molecule has 0 aliphatic heterocycles. The summed E-state index contributed by atoms with van der Waals surface area (Å²) >= 11 is 0. The van der Waals surface area contributed by atoms with Crippen LogP contribution >= 0.6 is 0 Å². The Morgan fingerprint density at radius 2 is 1.35 bits per heavy atom. The van der Waals surface area contributed by atoms with Crippen molar-refractivity contribution in [1.29, 1.82) is 0 Å². The summed E-state index contributed by atoms with van der Waals surface area (Å²) in [6.07, 6.45) is 6.15. The molecule has 0 radical (unpaired) electrons. The fourth-order valence-electron chi connectivity index (χ4n) is 5.76. The molecular formula is C35H46O4Si. The highest BCUT2D eigenvalue weighted by molar-refractivity contribution is 6.99. The molecule has 0 saturated heterocycles. The van der Waals surface area contributed by atoms with Gasteiger partial charge in [0.25, 0.3) is 8.32 Å². The smallest absolute Gasteiger partial charge is 0.261 e. The minimum atomic E-state index is -2.66. The third-order valence-electron chi connectivity index (χ3n) is 7.78. The number of hydrogen-bond donors (Lipinski definition) is 0. The average Bonchev–Trinajstić information content (AvgIpc) is 2.98. The minimum absolute atomic E-state index is 0.0910. The summed E-state index contributed by atoms with van der Waals surface area (Å²) in [5.74, 6) is 0. The van der Waals surface area contributed by atoms with Crippen LogP contribution in [0.4, 0.5) is 0 Å². The summed E-state index contributed by atoms with van der Waals surface area (Å²) in [6.45, 7) is 12.8. The highest BCUT2D eigenvalue weighted by Gasteiger charge is 2.50. The lowest BCUT2D eigenvalue weighted by Gasteiger charge is -2.43. The van der Waals surface area contributed by atoms with E-state index in [0.717, 1.165) is 25.7 Å². The first kappa shape index (κ1) is 30.4. The van der Waals surface area contributed by atoms with Crippen molar-refractivity contribution in [1.82, 2.24) is 0 Å². The predicted octanol–water partition coefficient (Wildman–Crippen LogP) is 6.68. The molecule has 214 valence electrons. The molecule has 3 aromatic rings. The molecule has 0 amide bonds. The van der Waals surface area contributed by atoms with Crippen LogP contribution in [0.25, 0.3) is 0 Å². The van der Waals surface area contributed by atoms with E-state index in [2.05, 4.69) is 112 Å². The van der Waals surface area contributed by atoms with E-state index in [1.54, 1.807) is 6.08 Å². The van der Waals surface area contributed by atoms with Crippen molar-refractivity contribution in [3.63, 3.8) is 0 Å². The highest BCUT2D eigenvalue weighted by Crippen LogP contribution is 2.37. The number of rotatable bonds is 14. The van der Waals surface area contributed by atoms with Crippen LogP contribution in [0.1, 0.15) is 52.0 Å². The fourth-order valence-corrected chi connectivity index (χ4v) is 10.4. The van der Waals surface area contributed by atoms with Crippen LogP contribution in [0.15, 0.2) is 104 Å². The van der Waals surface area contributed by atoms with Crippen molar-refractivity contribution in [2.45, 2.75) is 76.4 Å². The van der Waals surface area contributed by atoms with Crippen molar-refractivity contribution in [3.05, 3.63) is 109 Å². The first-order valence-electron chi connectivity index (χ1n) is 14.7. The first-order valence-corrected chi connectivity index (χ1v) is 16.6. The summed E-state index contributed by atoms with van der Waals surface area (Å²) in [6, 6.07) is 31.9. The van der Waals surface area contributed by atoms with Gasteiger partial charge in [-0.15, -0.1) is 6.58 Å². The van der Waals surface area contributed by atoms with Crippen molar-refractivity contribution >= 4 is 18.7 Å². The van der Waals surface area contributed by atoms with Gasteiger partial charge in [-0.1, -0.05) is 118 Å². The summed E-state index contributed by atoms with van der Waals surface area (Å²) in [4.78, 5) is 0. The Morgan fingerprint density at radius 1 is 0.800 bits per heavy atom. The summed E-state index contributed by atoms with van der Waals surface area (Å²) in [5.41, 5.74) is 1.21. The molecular weight excluding hydrogens is 512 g/mol. The van der Waals surface area contributed by atoms with Crippen molar-refractivity contribution < 1.29 is 18.6 Å². The molecule has 0 heterocycles. The molecule has 0 N–H and O–H groups in total. The van der Waals surface area contributed by atoms with Crippen LogP contribution in [0, 0.1) is 0 Å². The summed E-state index contributed by atoms with van der Waals surface area (Å²) in [7, 11) is -2.66. The molecule has 0 bridgehead atoms. The maximum atomic E-state index is 7.15. The molecule has 0 aromatic heterocycles. The first-order chi connectivity index (χ1) is 19.4. The van der Waals surface area contributed by atoms with Crippen molar-refractivity contribution in [2.75, 3.05) is 19.8 Å². The van der Waals surface area contributed by atoms with E-state index in [4.69, 9.17) is 18.6 Å². The molecule has 5 heteroatoms. The van der Waals surface area contributed by atoms with E-state index >= 15 is 0 Å². The largest absolute Gasteiger partial charge is 0.405 e. The van der Waals surface area contributed by atoms with Gasteiger partial charge in [0.2, 0.25) is 0 Å². The monoisotopic (exact) mass is 558 g/mol. The van der Waals surface area contributed by atoms with Gasteiger partial charge >= 0.3 is 0 Å². The second kappa shape index (κ2) is 14.9. The molecule has 3 atom stereocenters. The van der Waals surface area contributed by atoms with E-state index < -0.39 is 8.32 Å². The minimum Gasteiger partial charge on any atom is -0.405 e. The second-order valence-corrected chi connectivity index (χ2v) is 16.1. The van der Waals surface area contributed by atoms with Crippen LogP contribution in [0.5, 0.6) is 0 Å². The Hall–Kier alpha value is -2.54. The van der Waals surface area contributed by atoms with Crippen molar-refractivity contribution in [2.24, 2.45) is 0 Å². The van der Waals surface area contributed by atoms with Gasteiger partial charge in [-0.3, -0.25) is 0 Å². The van der Waals surface area contributed by atoms with Crippen molar-refractivity contribution in [3.8, 4) is 0 Å². The summed E-state index contributed by atoms with van der Waals surface area (Å²) < 4.78 is 26.1. The van der Waals surface area contributed by atoms with Gasteiger partial charge in [0.05, 0.1) is 38.6 Å². The zero-order chi connectivity index (χ0) is 28.3. The molecule has 4 rings (SSSR count). The summed E-state index contributed by atoms with van der Waals surface area (Å²) in [5, 5.41) is 2.44. The molecule has 3 aromatic carbocycles. The Labute approximate surface area is 242 Å². The Bertz CT molecular complexity index is 1090. The molecule has 1 unspecified atom stereocenters. The Kier molecular flexibility index (Phi) is 11.3. The SMILES string of the molecule is C=CCOC(CO[C@@H]1CCC[C@H](OCc2ccccc2)C1)CO[Si](c1ccccc1)(c1ccccc1)C(C)(C)C. The lowest BCUT2D eigenvalue weighted by molar-refractivity contribution is -0.0872. The highest BCUT2D eigenvalue weighted by atomic mass is 28.4. The second-order valence-electron chi connectivity index (χ2n) is 11.8. The maximum absolute atomic E-state index is 7.15. The standard InChI is InChI=1S/C35H46O4Si/c1-5-24-36-32(27-38-31-19-15-18-30(25-31)37-26-29-16-9-6-10-17-29)28-39-40(35(2,3)4,33-20-11-7-12-21-33)34-22-13-8-14-23-34/h5-14,16-17,20-23,30-32H,1,15,18-19,24-28H2,2-4H3/t30-,31+,32?/m0/s1. The van der Waals surface area contributed by atoms with E-state index in [1.165, 1.54) is 15.9 Å². The number of ether oxygens (including phenoxy) is 3. The van der Waals surface area contributed by atoms with Gasteiger partial charge in [0.1, 0.15) is 6.10 Å². The third kappa shape index (κ3) is 8.02. The van der Waals surface area contributed by atoms with Crippen LogP contribution in [-0.4, -0.2) is 46.4 Å². The molecule has 4 nitrogen and oxygen atoms in total. The van der Waals surface area contributed by atoms with Gasteiger partial charge in [0, 0.05) is 0 Å². The van der Waals surface area contributed by atoms with Gasteiger partial charge in [-0.05, 0) is 46.7 Å². The quantitative estimate of drug-likeness (QED) is 0.163. The third-order valence-corrected chi connectivity index (χ3v) is 12.8. The van der Waals surface area contributed by atoms with Crippen LogP contribution in [0.2, 0.25) is 5.04 Å². The van der Waals surface area contributed by atoms with Crippen LogP contribution in [-0.2, 0) is 25.2 Å². The van der Waals surface area contributed by atoms with Crippen LogP contribution < -0.4 is 10.4 Å². The number of benzene rings is 3. The maximum Gasteiger partial charge on any atom is 0.261 e.